The molecule has 2 N–H and O–H groups in total. The van der Waals surface area contributed by atoms with E-state index in [9.17, 15) is 4.79 Å². The molecule has 1 aliphatic heterocycles. The van der Waals surface area contributed by atoms with E-state index in [0.717, 1.165) is 32.4 Å². The van der Waals surface area contributed by atoms with E-state index in [2.05, 4.69) is 41.7 Å². The summed E-state index contributed by atoms with van der Waals surface area (Å²) in [6.07, 6.45) is 4.76. The van der Waals surface area contributed by atoms with Crippen molar-refractivity contribution in [3.63, 3.8) is 0 Å². The predicted octanol–water partition coefficient (Wildman–Crippen LogP) is 2.94. The second kappa shape index (κ2) is 9.42. The normalized spacial score (nSPS) is 21.0. The standard InChI is InChI=1S/C19H30N4O/c1-4-16-10-12-20-14-18(16)22-19(24)23(5-2)21-13-11-17-9-7-6-8-15(17)3/h6-9,13,16,18,20H,4-5,10-12,14H2,1-3H3,(H,22,24)/b21-13-. The number of piperidine rings is 1. The van der Waals surface area contributed by atoms with Crippen LogP contribution in [0, 0.1) is 12.8 Å². The van der Waals surface area contributed by atoms with Crippen molar-refractivity contribution < 1.29 is 4.79 Å². The molecule has 0 aromatic heterocycles. The fraction of sp³-hybridized carbons (Fsp3) is 0.579. The Kier molecular flexibility index (Phi) is 7.25. The highest BCUT2D eigenvalue weighted by Gasteiger charge is 2.26. The topological polar surface area (TPSA) is 56.7 Å². The molecule has 24 heavy (non-hydrogen) atoms. The molecule has 0 aliphatic carbocycles. The maximum Gasteiger partial charge on any atom is 0.338 e. The highest BCUT2D eigenvalue weighted by atomic mass is 16.2. The van der Waals surface area contributed by atoms with Gasteiger partial charge >= 0.3 is 6.03 Å². The van der Waals surface area contributed by atoms with Crippen molar-refractivity contribution in [2.75, 3.05) is 19.6 Å². The Morgan fingerprint density at radius 1 is 1.42 bits per heavy atom. The van der Waals surface area contributed by atoms with Crippen molar-refractivity contribution in [2.24, 2.45) is 11.0 Å². The van der Waals surface area contributed by atoms with Crippen molar-refractivity contribution in [3.8, 4) is 0 Å². The fourth-order valence-corrected chi connectivity index (χ4v) is 3.16. The molecule has 0 radical (unpaired) electrons. The smallest absolute Gasteiger partial charge is 0.332 e. The van der Waals surface area contributed by atoms with Crippen LogP contribution < -0.4 is 10.6 Å². The number of hydrogen-bond donors (Lipinski definition) is 2. The van der Waals surface area contributed by atoms with Crippen LogP contribution in [0.5, 0.6) is 0 Å². The summed E-state index contributed by atoms with van der Waals surface area (Å²) in [5, 5.41) is 12.4. The third-order valence-electron chi connectivity index (χ3n) is 4.79. The van der Waals surface area contributed by atoms with E-state index in [4.69, 9.17) is 0 Å². The molecule has 2 rings (SSSR count). The molecule has 1 heterocycles. The molecule has 0 saturated carbocycles. The second-order valence-electron chi connectivity index (χ2n) is 6.36. The van der Waals surface area contributed by atoms with Gasteiger partial charge in [-0.25, -0.2) is 9.80 Å². The van der Waals surface area contributed by atoms with Crippen molar-refractivity contribution >= 4 is 12.2 Å². The van der Waals surface area contributed by atoms with E-state index in [1.807, 2.05) is 25.3 Å². The van der Waals surface area contributed by atoms with Gasteiger partial charge in [0.15, 0.2) is 0 Å². The molecule has 1 aromatic rings. The van der Waals surface area contributed by atoms with Crippen molar-refractivity contribution in [2.45, 2.75) is 46.1 Å². The molecule has 1 saturated heterocycles. The third-order valence-corrected chi connectivity index (χ3v) is 4.79. The average Bonchev–Trinajstić information content (AvgIpc) is 2.60. The summed E-state index contributed by atoms with van der Waals surface area (Å²) in [5.74, 6) is 0.546. The Labute approximate surface area is 145 Å². The lowest BCUT2D eigenvalue weighted by molar-refractivity contribution is 0.186. The van der Waals surface area contributed by atoms with Crippen LogP contribution in [0.4, 0.5) is 4.79 Å². The number of aryl methyl sites for hydroxylation is 1. The molecule has 132 valence electrons. The Morgan fingerprint density at radius 3 is 2.92 bits per heavy atom. The Hall–Kier alpha value is -1.88. The molecule has 0 spiro atoms. The van der Waals surface area contributed by atoms with Crippen LogP contribution in [0.25, 0.3) is 0 Å². The van der Waals surface area contributed by atoms with Crippen molar-refractivity contribution in [1.29, 1.82) is 0 Å². The first-order valence-corrected chi connectivity index (χ1v) is 9.01. The van der Waals surface area contributed by atoms with E-state index in [1.54, 1.807) is 0 Å². The average molecular weight is 330 g/mol. The van der Waals surface area contributed by atoms with Gasteiger partial charge in [0.05, 0.1) is 0 Å². The van der Waals surface area contributed by atoms with Crippen LogP contribution in [0.2, 0.25) is 0 Å². The van der Waals surface area contributed by atoms with Crippen LogP contribution in [0.3, 0.4) is 0 Å². The van der Waals surface area contributed by atoms with E-state index in [1.165, 1.54) is 16.1 Å². The monoisotopic (exact) mass is 330 g/mol. The fourth-order valence-electron chi connectivity index (χ4n) is 3.16. The van der Waals surface area contributed by atoms with Gasteiger partial charge in [0.25, 0.3) is 0 Å². The van der Waals surface area contributed by atoms with Crippen molar-refractivity contribution in [1.82, 2.24) is 15.6 Å². The molecule has 1 fully saturated rings. The number of amides is 2. The Morgan fingerprint density at radius 2 is 2.21 bits per heavy atom. The Balaban J connectivity index is 1.91. The number of urea groups is 1. The molecule has 1 aromatic carbocycles. The van der Waals surface area contributed by atoms with Gasteiger partial charge in [0.1, 0.15) is 0 Å². The van der Waals surface area contributed by atoms with Gasteiger partial charge in [-0.05, 0) is 43.9 Å². The summed E-state index contributed by atoms with van der Waals surface area (Å²) in [6, 6.07) is 8.33. The van der Waals surface area contributed by atoms with E-state index in [0.29, 0.717) is 12.5 Å². The molecular weight excluding hydrogens is 300 g/mol. The van der Waals surface area contributed by atoms with Gasteiger partial charge in [-0.3, -0.25) is 0 Å². The number of benzene rings is 1. The highest BCUT2D eigenvalue weighted by molar-refractivity contribution is 5.75. The van der Waals surface area contributed by atoms with E-state index in [-0.39, 0.29) is 12.1 Å². The third kappa shape index (κ3) is 5.06. The summed E-state index contributed by atoms with van der Waals surface area (Å²) < 4.78 is 0. The van der Waals surface area contributed by atoms with Crippen LogP contribution in [0.1, 0.15) is 37.8 Å². The summed E-state index contributed by atoms with van der Waals surface area (Å²) >= 11 is 0. The summed E-state index contributed by atoms with van der Waals surface area (Å²) in [4.78, 5) is 12.5. The zero-order chi connectivity index (χ0) is 17.4. The lowest BCUT2D eigenvalue weighted by Crippen LogP contribution is -2.53. The first kappa shape index (κ1) is 18.5. The van der Waals surface area contributed by atoms with E-state index < -0.39 is 0 Å². The molecule has 2 unspecified atom stereocenters. The first-order valence-electron chi connectivity index (χ1n) is 9.01. The molecule has 1 aliphatic rings. The zero-order valence-electron chi connectivity index (χ0n) is 15.1. The molecule has 2 amide bonds. The number of hydrogen-bond acceptors (Lipinski definition) is 3. The molecule has 0 bridgehead atoms. The van der Waals surface area contributed by atoms with Gasteiger partial charge in [0.2, 0.25) is 0 Å². The number of nitrogens with one attached hydrogen (secondary N) is 2. The SMILES string of the molecule is CCC1CCNCC1NC(=O)N(CC)/N=C\Cc1ccccc1C. The minimum absolute atomic E-state index is 0.106. The number of nitrogens with zero attached hydrogens (tertiary/aromatic N) is 2. The second-order valence-corrected chi connectivity index (χ2v) is 6.36. The van der Waals surface area contributed by atoms with Crippen LogP contribution in [0.15, 0.2) is 29.4 Å². The lowest BCUT2D eigenvalue weighted by atomic mass is 9.90. The number of carbonyl (C=O) groups excluding carboxylic acids is 1. The first-order chi connectivity index (χ1) is 11.7. The van der Waals surface area contributed by atoms with Crippen molar-refractivity contribution in [3.05, 3.63) is 35.4 Å². The zero-order valence-corrected chi connectivity index (χ0v) is 15.1. The molecule has 5 nitrogen and oxygen atoms in total. The van der Waals surface area contributed by atoms with Gasteiger partial charge in [0, 0.05) is 31.8 Å². The van der Waals surface area contributed by atoms with Gasteiger partial charge in [-0.2, -0.15) is 5.10 Å². The van der Waals surface area contributed by atoms with Crippen LogP contribution in [-0.2, 0) is 6.42 Å². The predicted molar refractivity (Wildman–Crippen MR) is 99.3 cm³/mol. The summed E-state index contributed by atoms with van der Waals surface area (Å²) in [6.45, 7) is 8.67. The maximum absolute atomic E-state index is 12.5. The maximum atomic E-state index is 12.5. The lowest BCUT2D eigenvalue weighted by Gasteiger charge is -2.33. The largest absolute Gasteiger partial charge is 0.338 e. The molecule has 2 atom stereocenters. The quantitative estimate of drug-likeness (QED) is 0.622. The van der Waals surface area contributed by atoms with Gasteiger partial charge < -0.3 is 10.6 Å². The van der Waals surface area contributed by atoms with Gasteiger partial charge in [-0.1, -0.05) is 37.6 Å². The molecule has 5 heteroatoms. The number of hydrazone groups is 1. The van der Waals surface area contributed by atoms with Gasteiger partial charge in [-0.15, -0.1) is 0 Å². The minimum Gasteiger partial charge on any atom is -0.332 e. The van der Waals surface area contributed by atoms with Crippen LogP contribution in [-0.4, -0.2) is 42.9 Å². The number of carbonyl (C=O) groups is 1. The van der Waals surface area contributed by atoms with E-state index >= 15 is 0 Å². The Bertz CT molecular complexity index is 558. The summed E-state index contributed by atoms with van der Waals surface area (Å²) in [5.41, 5.74) is 2.48. The number of rotatable bonds is 6. The van der Waals surface area contributed by atoms with Crippen LogP contribution >= 0.6 is 0 Å². The molecular formula is C19H30N4O. The minimum atomic E-state index is -0.106. The summed E-state index contributed by atoms with van der Waals surface area (Å²) in [7, 11) is 0. The highest BCUT2D eigenvalue weighted by Crippen LogP contribution is 2.16.